The molecule has 6 nitrogen and oxygen atoms in total. The molecular weight excluding hydrogens is 489 g/mol. The quantitative estimate of drug-likeness (QED) is 0.274. The Morgan fingerprint density at radius 1 is 0.889 bits per heavy atom. The number of sulfonamides is 1. The summed E-state index contributed by atoms with van der Waals surface area (Å²) in [5.41, 5.74) is 8.22. The molecule has 0 aliphatic carbocycles. The van der Waals surface area contributed by atoms with Crippen molar-refractivity contribution in [3.63, 3.8) is 0 Å². The van der Waals surface area contributed by atoms with E-state index < -0.39 is 21.8 Å². The molecule has 0 saturated carbocycles. The van der Waals surface area contributed by atoms with E-state index in [0.29, 0.717) is 22.4 Å². The van der Waals surface area contributed by atoms with Gasteiger partial charge in [0.25, 0.3) is 10.0 Å². The molecule has 0 aliphatic heterocycles. The number of nitrogens with one attached hydrogen (secondary N) is 1. The van der Waals surface area contributed by atoms with Crippen LogP contribution in [-0.2, 0) is 22.7 Å². The summed E-state index contributed by atoms with van der Waals surface area (Å²) < 4.78 is 66.0. The van der Waals surface area contributed by atoms with E-state index in [2.05, 4.69) is 14.7 Å². The normalized spacial score (nSPS) is 12.4. The van der Waals surface area contributed by atoms with Gasteiger partial charge in [-0.1, -0.05) is 60.7 Å². The van der Waals surface area contributed by atoms with Crippen LogP contribution in [0.5, 0.6) is 0 Å². The highest BCUT2D eigenvalue weighted by Crippen LogP contribution is 2.34. The largest absolute Gasteiger partial charge is 0.416 e. The molecule has 0 saturated heterocycles. The number of nitrogens with two attached hydrogens (primary N) is 1. The monoisotopic (exact) mass is 510 g/mol. The average molecular weight is 511 g/mol. The summed E-state index contributed by atoms with van der Waals surface area (Å²) in [6, 6.07) is 23.6. The molecule has 10 heteroatoms. The van der Waals surface area contributed by atoms with E-state index in [1.54, 1.807) is 24.3 Å². The number of aromatic nitrogens is 1. The third kappa shape index (κ3) is 5.89. The molecule has 3 N–H and O–H groups in total. The predicted molar refractivity (Wildman–Crippen MR) is 132 cm³/mol. The highest BCUT2D eigenvalue weighted by atomic mass is 32.2. The Balaban J connectivity index is 1.62. The van der Waals surface area contributed by atoms with E-state index >= 15 is 0 Å². The van der Waals surface area contributed by atoms with Crippen molar-refractivity contribution in [1.82, 2.24) is 9.71 Å². The van der Waals surface area contributed by atoms with Crippen molar-refractivity contribution in [2.45, 2.75) is 17.6 Å². The zero-order chi connectivity index (χ0) is 25.8. The number of halogens is 3. The summed E-state index contributed by atoms with van der Waals surface area (Å²) in [5.74, 6) is -0.285. The zero-order valence-corrected chi connectivity index (χ0v) is 19.6. The Labute approximate surface area is 206 Å². The Morgan fingerprint density at radius 3 is 2.11 bits per heavy atom. The molecule has 36 heavy (non-hydrogen) atoms. The molecule has 0 aliphatic rings. The van der Waals surface area contributed by atoms with Crippen LogP contribution in [0.15, 0.2) is 107 Å². The van der Waals surface area contributed by atoms with Crippen molar-refractivity contribution < 1.29 is 21.6 Å². The van der Waals surface area contributed by atoms with Gasteiger partial charge in [-0.15, -0.1) is 0 Å². The van der Waals surface area contributed by atoms with Gasteiger partial charge in [0.15, 0.2) is 0 Å². The maximum atomic E-state index is 13.0. The molecule has 1 heterocycles. The zero-order valence-electron chi connectivity index (χ0n) is 18.8. The molecule has 0 spiro atoms. The van der Waals surface area contributed by atoms with Gasteiger partial charge in [-0.3, -0.25) is 4.98 Å². The van der Waals surface area contributed by atoms with Gasteiger partial charge in [0, 0.05) is 17.3 Å². The number of nitrogens with zero attached hydrogens (tertiary/aromatic N) is 2. The lowest BCUT2D eigenvalue weighted by Crippen LogP contribution is -2.36. The minimum atomic E-state index is -4.43. The molecule has 4 rings (SSSR count). The van der Waals surface area contributed by atoms with Crippen LogP contribution in [0.25, 0.3) is 22.4 Å². The van der Waals surface area contributed by atoms with E-state index in [9.17, 15) is 21.6 Å². The highest BCUT2D eigenvalue weighted by Gasteiger charge is 2.30. The van der Waals surface area contributed by atoms with Gasteiger partial charge in [-0.25, -0.2) is 18.1 Å². The van der Waals surface area contributed by atoms with E-state index in [-0.39, 0.29) is 17.4 Å². The lowest BCUT2D eigenvalue weighted by atomic mass is 9.97. The number of hydrogen-bond acceptors (Lipinski definition) is 4. The summed E-state index contributed by atoms with van der Waals surface area (Å²) in [7, 11) is -3.87. The molecule has 0 amide bonds. The molecule has 4 aromatic rings. The maximum absolute atomic E-state index is 13.0. The lowest BCUT2D eigenvalue weighted by Gasteiger charge is -2.13. The van der Waals surface area contributed by atoms with Crippen LogP contribution in [-0.4, -0.2) is 19.4 Å². The molecule has 3 aromatic carbocycles. The van der Waals surface area contributed by atoms with Crippen LogP contribution in [0.3, 0.4) is 0 Å². The second kappa shape index (κ2) is 10.2. The van der Waals surface area contributed by atoms with Crippen molar-refractivity contribution in [1.29, 1.82) is 0 Å². The predicted octanol–water partition coefficient (Wildman–Crippen LogP) is 5.23. The van der Waals surface area contributed by atoms with Crippen molar-refractivity contribution >= 4 is 16.0 Å². The van der Waals surface area contributed by atoms with Gasteiger partial charge in [-0.2, -0.15) is 13.2 Å². The number of guanidine groups is 1. The Hall–Kier alpha value is -4.18. The standard InChI is InChI=1S/C26H21F3N4O2S/c27-26(28,29)21-13-11-20(12-14-21)24-23(19-7-3-1-4-8-19)15-18(16-31-24)17-32-25(30)33-36(34,35)22-9-5-2-6-10-22/h1-16H,17H2,(H3,30,32,33). The number of aliphatic imine (C=N–C) groups is 1. The van der Waals surface area contributed by atoms with Gasteiger partial charge in [0.1, 0.15) is 0 Å². The van der Waals surface area contributed by atoms with Crippen LogP contribution < -0.4 is 10.5 Å². The summed E-state index contributed by atoms with van der Waals surface area (Å²) >= 11 is 0. The van der Waals surface area contributed by atoms with E-state index in [1.807, 2.05) is 30.3 Å². The molecule has 0 fully saturated rings. The number of pyridine rings is 1. The van der Waals surface area contributed by atoms with Crippen molar-refractivity contribution in [3.05, 3.63) is 108 Å². The number of benzene rings is 3. The minimum Gasteiger partial charge on any atom is -0.369 e. The Kier molecular flexibility index (Phi) is 7.07. The summed E-state index contributed by atoms with van der Waals surface area (Å²) in [4.78, 5) is 8.66. The van der Waals surface area contributed by atoms with E-state index in [0.717, 1.165) is 17.7 Å². The molecule has 0 atom stereocenters. The Bertz CT molecular complexity index is 1470. The van der Waals surface area contributed by atoms with Crippen LogP contribution in [0.1, 0.15) is 11.1 Å². The van der Waals surface area contributed by atoms with Crippen molar-refractivity contribution in [2.75, 3.05) is 0 Å². The first-order chi connectivity index (χ1) is 17.1. The number of rotatable bonds is 6. The molecule has 1 aromatic heterocycles. The van der Waals surface area contributed by atoms with Gasteiger partial charge in [0.05, 0.1) is 22.7 Å². The molecule has 184 valence electrons. The second-order valence-corrected chi connectivity index (χ2v) is 9.48. The summed E-state index contributed by atoms with van der Waals surface area (Å²) in [5, 5.41) is 0. The maximum Gasteiger partial charge on any atom is 0.416 e. The smallest absolute Gasteiger partial charge is 0.369 e. The van der Waals surface area contributed by atoms with E-state index in [4.69, 9.17) is 5.73 Å². The molecular formula is C26H21F3N4O2S. The van der Waals surface area contributed by atoms with Gasteiger partial charge < -0.3 is 5.73 Å². The van der Waals surface area contributed by atoms with Crippen LogP contribution in [0.4, 0.5) is 13.2 Å². The third-order valence-electron chi connectivity index (χ3n) is 5.24. The Morgan fingerprint density at radius 2 is 1.50 bits per heavy atom. The average Bonchev–Trinajstić information content (AvgIpc) is 2.88. The fraction of sp³-hybridized carbons (Fsp3) is 0.0769. The number of hydrogen-bond donors (Lipinski definition) is 2. The van der Waals surface area contributed by atoms with Gasteiger partial charge in [-0.05, 0) is 41.5 Å². The van der Waals surface area contributed by atoms with Gasteiger partial charge >= 0.3 is 6.18 Å². The SMILES string of the molecule is NC(=NCc1cnc(-c2ccc(C(F)(F)F)cc2)c(-c2ccccc2)c1)NS(=O)(=O)c1ccccc1. The fourth-order valence-corrected chi connectivity index (χ4v) is 4.46. The van der Waals surface area contributed by atoms with Gasteiger partial charge in [0.2, 0.25) is 5.96 Å². The first kappa shape index (κ1) is 24.9. The minimum absolute atomic E-state index is 0.0310. The lowest BCUT2D eigenvalue weighted by molar-refractivity contribution is -0.137. The molecule has 0 unspecified atom stereocenters. The number of alkyl halides is 3. The van der Waals surface area contributed by atoms with Crippen molar-refractivity contribution in [2.24, 2.45) is 10.7 Å². The second-order valence-electron chi connectivity index (χ2n) is 7.80. The third-order valence-corrected chi connectivity index (χ3v) is 6.61. The topological polar surface area (TPSA) is 97.4 Å². The fourth-order valence-electron chi connectivity index (χ4n) is 3.48. The van der Waals surface area contributed by atoms with Crippen molar-refractivity contribution in [3.8, 4) is 22.4 Å². The highest BCUT2D eigenvalue weighted by molar-refractivity contribution is 7.90. The first-order valence-electron chi connectivity index (χ1n) is 10.7. The van der Waals surface area contributed by atoms with Crippen LogP contribution in [0, 0.1) is 0 Å². The summed E-state index contributed by atoms with van der Waals surface area (Å²) in [6.45, 7) is 0.0310. The molecule has 0 bridgehead atoms. The first-order valence-corrected chi connectivity index (χ1v) is 12.2. The van der Waals surface area contributed by atoms with Crippen LogP contribution in [0.2, 0.25) is 0 Å². The summed E-state index contributed by atoms with van der Waals surface area (Å²) in [6.07, 6.45) is -2.90. The van der Waals surface area contributed by atoms with Crippen LogP contribution >= 0.6 is 0 Å². The van der Waals surface area contributed by atoms with E-state index in [1.165, 1.54) is 30.5 Å². The molecule has 0 radical (unpaired) electrons.